The highest BCUT2D eigenvalue weighted by molar-refractivity contribution is 6.08. The fraction of sp³-hybridized carbons (Fsp3) is 0.350. The second-order valence-electron chi connectivity index (χ2n) is 6.67. The first kappa shape index (κ1) is 15.2. The van der Waals surface area contributed by atoms with Crippen LogP contribution < -0.4 is 0 Å². The number of carbonyl (C=O) groups excluding carboxylic acids is 1. The van der Waals surface area contributed by atoms with E-state index in [0.29, 0.717) is 5.76 Å². The van der Waals surface area contributed by atoms with E-state index in [1.165, 1.54) is 0 Å². The summed E-state index contributed by atoms with van der Waals surface area (Å²) in [4.78, 5) is 17.2. The van der Waals surface area contributed by atoms with Crippen molar-refractivity contribution in [1.29, 1.82) is 0 Å². The van der Waals surface area contributed by atoms with Crippen LogP contribution in [-0.4, -0.2) is 48.9 Å². The minimum Gasteiger partial charge on any atom is -0.450 e. The quantitative estimate of drug-likeness (QED) is 0.686. The fourth-order valence-electron chi connectivity index (χ4n) is 3.55. The Morgan fingerprint density at radius 3 is 2.71 bits per heavy atom. The van der Waals surface area contributed by atoms with Crippen molar-refractivity contribution >= 4 is 27.6 Å². The standard InChI is InChI=1S/C20H22N2O2/c1-14-16-9-8-15-6-3-4-7-17(15)19(16)24-18(14)20(23)22-11-5-10-21(2)12-13-22/h3-4,6-9H,5,10-13H2,1-2H3. The van der Waals surface area contributed by atoms with Crippen LogP contribution in [-0.2, 0) is 0 Å². The molecule has 0 bridgehead atoms. The van der Waals surface area contributed by atoms with Gasteiger partial charge in [-0.3, -0.25) is 4.79 Å². The lowest BCUT2D eigenvalue weighted by molar-refractivity contribution is 0.0732. The minimum atomic E-state index is 0.0167. The number of likely N-dealkylation sites (N-methyl/N-ethyl adjacent to an activating group) is 1. The Kier molecular flexibility index (Phi) is 3.77. The van der Waals surface area contributed by atoms with Crippen molar-refractivity contribution in [3.05, 3.63) is 47.7 Å². The second kappa shape index (κ2) is 5.95. The number of nitrogens with zero attached hydrogens (tertiary/aromatic N) is 2. The van der Waals surface area contributed by atoms with Crippen LogP contribution in [0.15, 0.2) is 40.8 Å². The van der Waals surface area contributed by atoms with E-state index in [2.05, 4.69) is 36.2 Å². The summed E-state index contributed by atoms with van der Waals surface area (Å²) in [5.41, 5.74) is 1.76. The molecule has 4 heteroatoms. The van der Waals surface area contributed by atoms with Gasteiger partial charge in [-0.2, -0.15) is 0 Å². The highest BCUT2D eigenvalue weighted by atomic mass is 16.3. The van der Waals surface area contributed by atoms with Gasteiger partial charge in [0.1, 0.15) is 5.58 Å². The summed E-state index contributed by atoms with van der Waals surface area (Å²) < 4.78 is 6.09. The summed E-state index contributed by atoms with van der Waals surface area (Å²) >= 11 is 0. The summed E-state index contributed by atoms with van der Waals surface area (Å²) in [6, 6.07) is 12.3. The third kappa shape index (κ3) is 2.47. The van der Waals surface area contributed by atoms with Gasteiger partial charge in [0.2, 0.25) is 0 Å². The SMILES string of the molecule is Cc1c(C(=O)N2CCCN(C)CC2)oc2c1ccc1ccccc12. The summed E-state index contributed by atoms with van der Waals surface area (Å²) in [5, 5.41) is 3.23. The van der Waals surface area contributed by atoms with E-state index in [1.54, 1.807) is 0 Å². The molecule has 124 valence electrons. The van der Waals surface area contributed by atoms with Gasteiger partial charge in [0.15, 0.2) is 5.76 Å². The van der Waals surface area contributed by atoms with Gasteiger partial charge in [0.05, 0.1) is 0 Å². The molecule has 0 saturated carbocycles. The van der Waals surface area contributed by atoms with Gasteiger partial charge in [-0.25, -0.2) is 0 Å². The Bertz CT molecular complexity index is 913. The molecule has 4 nitrogen and oxygen atoms in total. The zero-order valence-electron chi connectivity index (χ0n) is 14.2. The second-order valence-corrected chi connectivity index (χ2v) is 6.67. The predicted molar refractivity (Wildman–Crippen MR) is 96.5 cm³/mol. The molecule has 2 aromatic carbocycles. The monoisotopic (exact) mass is 322 g/mol. The molecule has 3 aromatic rings. The molecular weight excluding hydrogens is 300 g/mol. The molecule has 1 aliphatic rings. The van der Waals surface area contributed by atoms with Gasteiger partial charge in [-0.15, -0.1) is 0 Å². The molecule has 1 aliphatic heterocycles. The molecular formula is C20H22N2O2. The molecule has 4 rings (SSSR count). The van der Waals surface area contributed by atoms with Gasteiger partial charge in [0, 0.05) is 36.0 Å². The van der Waals surface area contributed by atoms with E-state index < -0.39 is 0 Å². The summed E-state index contributed by atoms with van der Waals surface area (Å²) in [6.07, 6.45) is 1.00. The number of hydrogen-bond acceptors (Lipinski definition) is 3. The topological polar surface area (TPSA) is 36.7 Å². The van der Waals surface area contributed by atoms with Crippen molar-refractivity contribution in [2.24, 2.45) is 0 Å². The molecule has 1 saturated heterocycles. The number of rotatable bonds is 1. The van der Waals surface area contributed by atoms with Gasteiger partial charge in [-0.05, 0) is 32.3 Å². The Morgan fingerprint density at radius 1 is 1.00 bits per heavy atom. The minimum absolute atomic E-state index is 0.0167. The molecule has 0 aliphatic carbocycles. The largest absolute Gasteiger partial charge is 0.450 e. The molecule has 0 spiro atoms. The smallest absolute Gasteiger partial charge is 0.289 e. The lowest BCUT2D eigenvalue weighted by Gasteiger charge is -2.19. The third-order valence-corrected chi connectivity index (χ3v) is 5.03. The van der Waals surface area contributed by atoms with E-state index >= 15 is 0 Å². The third-order valence-electron chi connectivity index (χ3n) is 5.03. The molecule has 0 N–H and O–H groups in total. The van der Waals surface area contributed by atoms with E-state index in [1.807, 2.05) is 24.0 Å². The molecule has 24 heavy (non-hydrogen) atoms. The number of benzene rings is 2. The predicted octanol–water partition coefficient (Wildman–Crippen LogP) is 3.67. The van der Waals surface area contributed by atoms with E-state index in [0.717, 1.165) is 59.9 Å². The average Bonchev–Trinajstić information content (AvgIpc) is 2.78. The Morgan fingerprint density at radius 2 is 1.83 bits per heavy atom. The van der Waals surface area contributed by atoms with Crippen LogP contribution in [0.25, 0.3) is 21.7 Å². The number of amides is 1. The summed E-state index contributed by atoms with van der Waals surface area (Å²) in [5.74, 6) is 0.508. The maximum Gasteiger partial charge on any atom is 0.289 e. The van der Waals surface area contributed by atoms with Crippen molar-refractivity contribution in [1.82, 2.24) is 9.80 Å². The van der Waals surface area contributed by atoms with Crippen LogP contribution >= 0.6 is 0 Å². The van der Waals surface area contributed by atoms with Gasteiger partial charge >= 0.3 is 0 Å². The zero-order chi connectivity index (χ0) is 16.7. The van der Waals surface area contributed by atoms with Crippen LogP contribution in [0.2, 0.25) is 0 Å². The van der Waals surface area contributed by atoms with Crippen LogP contribution in [0.5, 0.6) is 0 Å². The van der Waals surface area contributed by atoms with Crippen molar-refractivity contribution in [3.8, 4) is 0 Å². The van der Waals surface area contributed by atoms with Gasteiger partial charge in [-0.1, -0.05) is 36.4 Å². The van der Waals surface area contributed by atoms with Crippen molar-refractivity contribution in [2.45, 2.75) is 13.3 Å². The lowest BCUT2D eigenvalue weighted by Crippen LogP contribution is -2.34. The first-order chi connectivity index (χ1) is 11.6. The van der Waals surface area contributed by atoms with E-state index in [-0.39, 0.29) is 5.91 Å². The van der Waals surface area contributed by atoms with E-state index in [9.17, 15) is 4.79 Å². The molecule has 1 amide bonds. The van der Waals surface area contributed by atoms with Crippen LogP contribution in [0.1, 0.15) is 22.5 Å². The normalized spacial score (nSPS) is 16.7. The molecule has 1 fully saturated rings. The number of furan rings is 1. The molecule has 1 aromatic heterocycles. The molecule has 0 unspecified atom stereocenters. The fourth-order valence-corrected chi connectivity index (χ4v) is 3.55. The van der Waals surface area contributed by atoms with Crippen molar-refractivity contribution in [2.75, 3.05) is 33.2 Å². The Labute approximate surface area is 141 Å². The first-order valence-electron chi connectivity index (χ1n) is 8.54. The number of aryl methyl sites for hydroxylation is 1. The van der Waals surface area contributed by atoms with Gasteiger partial charge in [0.25, 0.3) is 5.91 Å². The van der Waals surface area contributed by atoms with Crippen molar-refractivity contribution in [3.63, 3.8) is 0 Å². The summed E-state index contributed by atoms with van der Waals surface area (Å²) in [6.45, 7) is 5.48. The average molecular weight is 322 g/mol. The highest BCUT2D eigenvalue weighted by Gasteiger charge is 2.25. The molecule has 0 radical (unpaired) electrons. The van der Waals surface area contributed by atoms with E-state index in [4.69, 9.17) is 4.42 Å². The highest BCUT2D eigenvalue weighted by Crippen LogP contribution is 2.32. The zero-order valence-corrected chi connectivity index (χ0v) is 14.2. The summed E-state index contributed by atoms with van der Waals surface area (Å²) in [7, 11) is 2.10. The van der Waals surface area contributed by atoms with Crippen molar-refractivity contribution < 1.29 is 9.21 Å². The Balaban J connectivity index is 1.77. The molecule has 2 heterocycles. The number of carbonyl (C=O) groups is 1. The van der Waals surface area contributed by atoms with Gasteiger partial charge < -0.3 is 14.2 Å². The molecule has 0 atom stereocenters. The maximum absolute atomic E-state index is 13.0. The Hall–Kier alpha value is -2.33. The van der Waals surface area contributed by atoms with Crippen LogP contribution in [0, 0.1) is 6.92 Å². The van der Waals surface area contributed by atoms with Crippen LogP contribution in [0.4, 0.5) is 0 Å². The number of fused-ring (bicyclic) bond motifs is 3. The number of hydrogen-bond donors (Lipinski definition) is 0. The first-order valence-corrected chi connectivity index (χ1v) is 8.54. The lowest BCUT2D eigenvalue weighted by atomic mass is 10.1. The maximum atomic E-state index is 13.0. The van der Waals surface area contributed by atoms with Crippen LogP contribution in [0.3, 0.4) is 0 Å².